The molecule has 9 heteroatoms. The number of nitrogens with one attached hydrogen (secondary N) is 1. The molecule has 0 aliphatic carbocycles. The highest BCUT2D eigenvalue weighted by molar-refractivity contribution is 7.99. The van der Waals surface area contributed by atoms with Gasteiger partial charge in [0.05, 0.1) is 24.5 Å². The lowest BCUT2D eigenvalue weighted by atomic mass is 10.2. The molecule has 4 rings (SSSR count). The van der Waals surface area contributed by atoms with Gasteiger partial charge in [-0.1, -0.05) is 23.9 Å². The molecule has 1 aromatic heterocycles. The van der Waals surface area contributed by atoms with Gasteiger partial charge in [0, 0.05) is 25.2 Å². The summed E-state index contributed by atoms with van der Waals surface area (Å²) in [5, 5.41) is 11.5. The zero-order valence-corrected chi connectivity index (χ0v) is 16.5. The molecule has 29 heavy (non-hydrogen) atoms. The summed E-state index contributed by atoms with van der Waals surface area (Å²) in [7, 11) is 1.74. The number of ether oxygens (including phenoxy) is 2. The lowest BCUT2D eigenvalue weighted by Gasteiger charge is -2.10. The van der Waals surface area contributed by atoms with Gasteiger partial charge >= 0.3 is 0 Å². The average Bonchev–Trinajstić information content (AvgIpc) is 2.92. The lowest BCUT2D eigenvalue weighted by molar-refractivity contribution is -0.113. The Labute approximate surface area is 171 Å². The largest absolute Gasteiger partial charge is 0.490 e. The Morgan fingerprint density at radius 2 is 1.97 bits per heavy atom. The molecule has 0 saturated carbocycles. The van der Waals surface area contributed by atoms with Gasteiger partial charge in [-0.05, 0) is 24.3 Å². The molecule has 0 fully saturated rings. The van der Waals surface area contributed by atoms with Gasteiger partial charge in [-0.2, -0.15) is 0 Å². The number of halogens is 1. The first kappa shape index (κ1) is 19.3. The van der Waals surface area contributed by atoms with Crippen LogP contribution in [0.5, 0.6) is 11.5 Å². The number of benzene rings is 2. The Morgan fingerprint density at radius 1 is 1.17 bits per heavy atom. The van der Waals surface area contributed by atoms with Gasteiger partial charge in [0.15, 0.2) is 22.5 Å². The van der Waals surface area contributed by atoms with Crippen LogP contribution in [0.15, 0.2) is 47.6 Å². The van der Waals surface area contributed by atoms with Crippen molar-refractivity contribution < 1.29 is 18.7 Å². The standard InChI is InChI=1S/C20H19FN4O3S/c1-25-19(14-5-2-3-6-15(14)21)23-24-20(25)29-12-18(26)22-13-7-8-16-17(11-13)28-10-4-9-27-16/h2-3,5-8,11H,4,9-10,12H2,1H3,(H,22,26). The van der Waals surface area contributed by atoms with E-state index in [4.69, 9.17) is 9.47 Å². The number of thioether (sulfide) groups is 1. The molecule has 7 nitrogen and oxygen atoms in total. The number of aromatic nitrogens is 3. The molecule has 1 amide bonds. The molecule has 0 saturated heterocycles. The number of nitrogens with zero attached hydrogens (tertiary/aromatic N) is 3. The van der Waals surface area contributed by atoms with E-state index in [2.05, 4.69) is 15.5 Å². The number of hydrogen-bond donors (Lipinski definition) is 1. The molecule has 1 aliphatic heterocycles. The van der Waals surface area contributed by atoms with E-state index in [-0.39, 0.29) is 17.5 Å². The van der Waals surface area contributed by atoms with Crippen LogP contribution in [0.2, 0.25) is 0 Å². The van der Waals surface area contributed by atoms with Crippen molar-refractivity contribution in [1.29, 1.82) is 0 Å². The first-order valence-electron chi connectivity index (χ1n) is 9.08. The van der Waals surface area contributed by atoms with Crippen molar-refractivity contribution in [1.82, 2.24) is 14.8 Å². The number of amides is 1. The predicted molar refractivity (Wildman–Crippen MR) is 108 cm³/mol. The number of hydrogen-bond acceptors (Lipinski definition) is 6. The van der Waals surface area contributed by atoms with E-state index in [9.17, 15) is 9.18 Å². The maximum atomic E-state index is 14.0. The van der Waals surface area contributed by atoms with E-state index in [1.54, 1.807) is 48.0 Å². The van der Waals surface area contributed by atoms with Gasteiger partial charge in [0.25, 0.3) is 0 Å². The maximum absolute atomic E-state index is 14.0. The van der Waals surface area contributed by atoms with Crippen molar-refractivity contribution >= 4 is 23.4 Å². The molecule has 150 valence electrons. The normalized spacial score (nSPS) is 13.0. The third-order valence-corrected chi connectivity index (χ3v) is 5.33. The third kappa shape index (κ3) is 4.34. The van der Waals surface area contributed by atoms with Gasteiger partial charge in [-0.3, -0.25) is 4.79 Å². The highest BCUT2D eigenvalue weighted by Crippen LogP contribution is 2.32. The fourth-order valence-corrected chi connectivity index (χ4v) is 3.60. The van der Waals surface area contributed by atoms with E-state index >= 15 is 0 Å². The van der Waals surface area contributed by atoms with Gasteiger partial charge in [-0.15, -0.1) is 10.2 Å². The zero-order valence-electron chi connectivity index (χ0n) is 15.7. The van der Waals surface area contributed by atoms with Crippen LogP contribution < -0.4 is 14.8 Å². The number of carbonyl (C=O) groups is 1. The van der Waals surface area contributed by atoms with E-state index < -0.39 is 0 Å². The van der Waals surface area contributed by atoms with Crippen LogP contribution in [0.1, 0.15) is 6.42 Å². The smallest absolute Gasteiger partial charge is 0.234 e. The van der Waals surface area contributed by atoms with E-state index in [1.165, 1.54) is 17.8 Å². The lowest BCUT2D eigenvalue weighted by Crippen LogP contribution is -2.14. The molecule has 1 aliphatic rings. The first-order chi connectivity index (χ1) is 14.1. The van der Waals surface area contributed by atoms with Crippen molar-refractivity contribution in [3.05, 3.63) is 48.3 Å². The Balaban J connectivity index is 1.39. The summed E-state index contributed by atoms with van der Waals surface area (Å²) in [6.07, 6.45) is 0.819. The molecule has 0 unspecified atom stereocenters. The van der Waals surface area contributed by atoms with Gasteiger partial charge in [-0.25, -0.2) is 4.39 Å². The highest BCUT2D eigenvalue weighted by Gasteiger charge is 2.16. The molecule has 1 N–H and O–H groups in total. The predicted octanol–water partition coefficient (Wildman–Crippen LogP) is 3.51. The molecular formula is C20H19FN4O3S. The van der Waals surface area contributed by atoms with Crippen molar-refractivity contribution in [2.45, 2.75) is 11.6 Å². The van der Waals surface area contributed by atoms with Crippen LogP contribution in [0, 0.1) is 5.82 Å². The van der Waals surface area contributed by atoms with Gasteiger partial charge in [0.1, 0.15) is 5.82 Å². The summed E-state index contributed by atoms with van der Waals surface area (Å²) in [6, 6.07) is 11.7. The molecule has 0 spiro atoms. The van der Waals surface area contributed by atoms with Crippen LogP contribution >= 0.6 is 11.8 Å². The first-order valence-corrected chi connectivity index (χ1v) is 10.1. The van der Waals surface area contributed by atoms with Crippen molar-refractivity contribution in [2.24, 2.45) is 7.05 Å². The summed E-state index contributed by atoms with van der Waals surface area (Å²) in [5.74, 6) is 1.28. The fourth-order valence-electron chi connectivity index (χ4n) is 2.89. The fraction of sp³-hybridized carbons (Fsp3) is 0.250. The van der Waals surface area contributed by atoms with E-state index in [0.29, 0.717) is 46.9 Å². The maximum Gasteiger partial charge on any atom is 0.234 e. The van der Waals surface area contributed by atoms with E-state index in [0.717, 1.165) is 6.42 Å². The molecule has 0 radical (unpaired) electrons. The minimum absolute atomic E-state index is 0.137. The van der Waals surface area contributed by atoms with Crippen LogP contribution in [-0.4, -0.2) is 39.6 Å². The summed E-state index contributed by atoms with van der Waals surface area (Å²) in [5.41, 5.74) is 0.996. The SMILES string of the molecule is Cn1c(SCC(=O)Nc2ccc3c(c2)OCCCO3)nnc1-c1ccccc1F. The molecular weight excluding hydrogens is 395 g/mol. The minimum Gasteiger partial charge on any atom is -0.490 e. The monoisotopic (exact) mass is 414 g/mol. The molecule has 3 aromatic rings. The second-order valence-corrected chi connectivity index (χ2v) is 7.34. The Morgan fingerprint density at radius 3 is 2.79 bits per heavy atom. The van der Waals surface area contributed by atoms with Crippen LogP contribution in [0.3, 0.4) is 0 Å². The zero-order chi connectivity index (χ0) is 20.2. The van der Waals surface area contributed by atoms with Crippen molar-refractivity contribution in [3.63, 3.8) is 0 Å². The van der Waals surface area contributed by atoms with Crippen molar-refractivity contribution in [2.75, 3.05) is 24.3 Å². The minimum atomic E-state index is -0.369. The number of carbonyl (C=O) groups excluding carboxylic acids is 1. The Bertz CT molecular complexity index is 1040. The summed E-state index contributed by atoms with van der Waals surface area (Å²) < 4.78 is 26.9. The third-order valence-electron chi connectivity index (χ3n) is 4.31. The average molecular weight is 414 g/mol. The van der Waals surface area contributed by atoms with Gasteiger partial charge in [0.2, 0.25) is 5.91 Å². The van der Waals surface area contributed by atoms with Crippen LogP contribution in [0.25, 0.3) is 11.4 Å². The second kappa shape index (κ2) is 8.52. The number of rotatable bonds is 5. The topological polar surface area (TPSA) is 78.3 Å². The van der Waals surface area contributed by atoms with Crippen LogP contribution in [0.4, 0.5) is 10.1 Å². The summed E-state index contributed by atoms with van der Waals surface area (Å²) in [4.78, 5) is 12.3. The molecule has 0 bridgehead atoms. The summed E-state index contributed by atoms with van der Waals surface area (Å²) >= 11 is 1.23. The van der Waals surface area contributed by atoms with Crippen LogP contribution in [-0.2, 0) is 11.8 Å². The quantitative estimate of drug-likeness (QED) is 0.644. The van der Waals surface area contributed by atoms with Crippen molar-refractivity contribution in [3.8, 4) is 22.9 Å². The summed E-state index contributed by atoms with van der Waals surface area (Å²) in [6.45, 7) is 1.19. The number of fused-ring (bicyclic) bond motifs is 1. The molecule has 0 atom stereocenters. The Hall–Kier alpha value is -3.07. The number of anilines is 1. The second-order valence-electron chi connectivity index (χ2n) is 6.39. The van der Waals surface area contributed by atoms with E-state index in [1.807, 2.05) is 0 Å². The van der Waals surface area contributed by atoms with Gasteiger partial charge < -0.3 is 19.4 Å². The Kier molecular flexibility index (Phi) is 5.66. The highest BCUT2D eigenvalue weighted by atomic mass is 32.2. The molecule has 2 heterocycles. The molecule has 2 aromatic carbocycles.